The predicted octanol–water partition coefficient (Wildman–Crippen LogP) is 3.39. The van der Waals surface area contributed by atoms with E-state index in [0.29, 0.717) is 11.5 Å². The van der Waals surface area contributed by atoms with Gasteiger partial charge in [-0.05, 0) is 48.1 Å². The lowest BCUT2D eigenvalue weighted by Gasteiger charge is -2.12. The maximum Gasteiger partial charge on any atom is 0.123 e. The van der Waals surface area contributed by atoms with Crippen molar-refractivity contribution in [3.63, 3.8) is 0 Å². The van der Waals surface area contributed by atoms with Crippen LogP contribution in [0.15, 0.2) is 22.7 Å². The van der Waals surface area contributed by atoms with Crippen molar-refractivity contribution >= 4 is 15.9 Å². The van der Waals surface area contributed by atoms with Crippen LogP contribution in [0.1, 0.15) is 25.8 Å². The molecular weight excluding hydrogens is 290 g/mol. The van der Waals surface area contributed by atoms with E-state index in [2.05, 4.69) is 47.2 Å². The fourth-order valence-electron chi connectivity index (χ4n) is 2.75. The van der Waals surface area contributed by atoms with Gasteiger partial charge in [0.2, 0.25) is 0 Å². The van der Waals surface area contributed by atoms with E-state index in [4.69, 9.17) is 4.74 Å². The lowest BCUT2D eigenvalue weighted by atomic mass is 10.1. The van der Waals surface area contributed by atoms with Crippen LogP contribution >= 0.6 is 15.9 Å². The molecule has 1 heterocycles. The summed E-state index contributed by atoms with van der Waals surface area (Å²) in [7, 11) is 0. The first kappa shape index (κ1) is 12.5. The second kappa shape index (κ2) is 4.53. The molecule has 2 nitrogen and oxygen atoms in total. The number of hydrogen-bond acceptors (Lipinski definition) is 2. The number of ether oxygens (including phenoxy) is 1. The molecule has 1 aliphatic heterocycles. The lowest BCUT2D eigenvalue weighted by Crippen LogP contribution is -2.31. The minimum absolute atomic E-state index is 0.302. The largest absolute Gasteiger partial charge is 0.488 e. The number of nitrogens with one attached hydrogen (secondary N) is 1. The van der Waals surface area contributed by atoms with Crippen molar-refractivity contribution in [2.24, 2.45) is 11.3 Å². The molecule has 1 saturated carbocycles. The molecule has 0 spiro atoms. The average Bonchev–Trinajstić information content (AvgIpc) is 2.72. The van der Waals surface area contributed by atoms with Crippen molar-refractivity contribution in [3.05, 3.63) is 28.2 Å². The molecule has 0 saturated heterocycles. The smallest absolute Gasteiger partial charge is 0.123 e. The van der Waals surface area contributed by atoms with Gasteiger partial charge in [-0.15, -0.1) is 0 Å². The SMILES string of the molecule is CC1(C)CC1CNCC1Cc2cc(Br)ccc2O1. The molecule has 2 atom stereocenters. The molecule has 1 N–H and O–H groups in total. The first-order valence-corrected chi connectivity index (χ1v) is 7.50. The normalized spacial score (nSPS) is 27.7. The average molecular weight is 310 g/mol. The van der Waals surface area contributed by atoms with Crippen LogP contribution in [0, 0.1) is 11.3 Å². The molecule has 0 aromatic heterocycles. The Hall–Kier alpha value is -0.540. The van der Waals surface area contributed by atoms with Gasteiger partial charge in [-0.1, -0.05) is 29.8 Å². The number of hydrogen-bond donors (Lipinski definition) is 1. The standard InChI is InChI=1S/C15H20BrNO/c1-15(2)7-11(15)8-17-9-13-6-10-5-12(16)3-4-14(10)18-13/h3-5,11,13,17H,6-9H2,1-2H3. The maximum atomic E-state index is 5.93. The molecule has 3 rings (SSSR count). The summed E-state index contributed by atoms with van der Waals surface area (Å²) in [6.45, 7) is 6.78. The van der Waals surface area contributed by atoms with Crippen LogP contribution in [0.25, 0.3) is 0 Å². The lowest BCUT2D eigenvalue weighted by molar-refractivity contribution is 0.226. The Morgan fingerprint density at radius 1 is 1.39 bits per heavy atom. The Balaban J connectivity index is 1.47. The van der Waals surface area contributed by atoms with Gasteiger partial charge >= 0.3 is 0 Å². The van der Waals surface area contributed by atoms with E-state index in [1.165, 1.54) is 12.0 Å². The highest BCUT2D eigenvalue weighted by Crippen LogP contribution is 2.50. The summed E-state index contributed by atoms with van der Waals surface area (Å²) in [6.07, 6.45) is 2.69. The van der Waals surface area contributed by atoms with Crippen molar-refractivity contribution in [2.75, 3.05) is 13.1 Å². The Morgan fingerprint density at radius 2 is 2.17 bits per heavy atom. The Bertz CT molecular complexity index is 458. The van der Waals surface area contributed by atoms with Crippen molar-refractivity contribution in [1.82, 2.24) is 5.32 Å². The topological polar surface area (TPSA) is 21.3 Å². The number of halogens is 1. The molecule has 1 aromatic carbocycles. The van der Waals surface area contributed by atoms with Crippen LogP contribution < -0.4 is 10.1 Å². The molecule has 0 bridgehead atoms. The molecule has 98 valence electrons. The van der Waals surface area contributed by atoms with Gasteiger partial charge in [-0.25, -0.2) is 0 Å². The summed E-state index contributed by atoms with van der Waals surface area (Å²) in [6, 6.07) is 6.27. The van der Waals surface area contributed by atoms with Gasteiger partial charge < -0.3 is 10.1 Å². The Morgan fingerprint density at radius 3 is 2.89 bits per heavy atom. The first-order valence-electron chi connectivity index (χ1n) is 6.70. The highest BCUT2D eigenvalue weighted by Gasteiger charge is 2.44. The van der Waals surface area contributed by atoms with Gasteiger partial charge in [0.15, 0.2) is 0 Å². The zero-order chi connectivity index (χ0) is 12.8. The van der Waals surface area contributed by atoms with Gasteiger partial charge in [0, 0.05) is 17.4 Å². The maximum absolute atomic E-state index is 5.93. The first-order chi connectivity index (χ1) is 8.54. The van der Waals surface area contributed by atoms with Crippen LogP contribution in [-0.2, 0) is 6.42 Å². The summed E-state index contributed by atoms with van der Waals surface area (Å²) >= 11 is 3.51. The highest BCUT2D eigenvalue weighted by molar-refractivity contribution is 9.10. The summed E-state index contributed by atoms with van der Waals surface area (Å²) in [5.41, 5.74) is 1.89. The third-order valence-electron chi connectivity index (χ3n) is 4.24. The third-order valence-corrected chi connectivity index (χ3v) is 4.74. The molecule has 0 radical (unpaired) electrons. The highest BCUT2D eigenvalue weighted by atomic mass is 79.9. The molecule has 18 heavy (non-hydrogen) atoms. The van der Waals surface area contributed by atoms with E-state index in [1.54, 1.807) is 0 Å². The van der Waals surface area contributed by atoms with Crippen molar-refractivity contribution in [2.45, 2.75) is 32.8 Å². The van der Waals surface area contributed by atoms with Gasteiger partial charge in [0.05, 0.1) is 0 Å². The van der Waals surface area contributed by atoms with Gasteiger partial charge in [0.1, 0.15) is 11.9 Å². The van der Waals surface area contributed by atoms with Crippen molar-refractivity contribution in [1.29, 1.82) is 0 Å². The van der Waals surface area contributed by atoms with Crippen molar-refractivity contribution in [3.8, 4) is 5.75 Å². The molecule has 1 aromatic rings. The fraction of sp³-hybridized carbons (Fsp3) is 0.600. The molecule has 2 aliphatic rings. The quantitative estimate of drug-likeness (QED) is 0.920. The van der Waals surface area contributed by atoms with E-state index < -0.39 is 0 Å². The minimum atomic E-state index is 0.302. The van der Waals surface area contributed by atoms with E-state index in [1.807, 2.05) is 6.07 Å². The van der Waals surface area contributed by atoms with E-state index >= 15 is 0 Å². The van der Waals surface area contributed by atoms with Crippen LogP contribution in [0.3, 0.4) is 0 Å². The summed E-state index contributed by atoms with van der Waals surface area (Å²) in [5.74, 6) is 1.91. The zero-order valence-corrected chi connectivity index (χ0v) is 12.6. The second-order valence-electron chi connectivity index (χ2n) is 6.24. The van der Waals surface area contributed by atoms with Crippen LogP contribution in [-0.4, -0.2) is 19.2 Å². The van der Waals surface area contributed by atoms with Gasteiger partial charge in [-0.2, -0.15) is 0 Å². The van der Waals surface area contributed by atoms with Crippen LogP contribution in [0.4, 0.5) is 0 Å². The molecule has 3 heteroatoms. The number of benzene rings is 1. The molecular formula is C15H20BrNO. The van der Waals surface area contributed by atoms with Crippen LogP contribution in [0.5, 0.6) is 5.75 Å². The number of rotatable bonds is 4. The summed E-state index contributed by atoms with van der Waals surface area (Å²) < 4.78 is 7.07. The second-order valence-corrected chi connectivity index (χ2v) is 7.16. The third kappa shape index (κ3) is 2.57. The molecule has 1 fully saturated rings. The molecule has 1 aliphatic carbocycles. The molecule has 0 amide bonds. The zero-order valence-electron chi connectivity index (χ0n) is 11.0. The monoisotopic (exact) mass is 309 g/mol. The fourth-order valence-corrected chi connectivity index (χ4v) is 3.15. The van der Waals surface area contributed by atoms with E-state index in [9.17, 15) is 0 Å². The Labute approximate surface area is 117 Å². The van der Waals surface area contributed by atoms with E-state index in [0.717, 1.165) is 35.7 Å². The van der Waals surface area contributed by atoms with E-state index in [-0.39, 0.29) is 0 Å². The Kier molecular flexibility index (Phi) is 3.15. The predicted molar refractivity (Wildman–Crippen MR) is 77.0 cm³/mol. The van der Waals surface area contributed by atoms with Gasteiger partial charge in [0.25, 0.3) is 0 Å². The van der Waals surface area contributed by atoms with Crippen LogP contribution in [0.2, 0.25) is 0 Å². The summed E-state index contributed by atoms with van der Waals surface area (Å²) in [4.78, 5) is 0. The van der Waals surface area contributed by atoms with Crippen molar-refractivity contribution < 1.29 is 4.74 Å². The van der Waals surface area contributed by atoms with Gasteiger partial charge in [-0.3, -0.25) is 0 Å². The molecule has 2 unspecified atom stereocenters. The summed E-state index contributed by atoms with van der Waals surface area (Å²) in [5, 5.41) is 3.56. The minimum Gasteiger partial charge on any atom is -0.488 e. The number of fused-ring (bicyclic) bond motifs is 1.